The summed E-state index contributed by atoms with van der Waals surface area (Å²) in [6, 6.07) is 21.0. The van der Waals surface area contributed by atoms with Crippen LogP contribution >= 0.6 is 0 Å². The van der Waals surface area contributed by atoms with Crippen molar-refractivity contribution < 1.29 is 5.11 Å². The predicted molar refractivity (Wildman–Crippen MR) is 82.7 cm³/mol. The topological polar surface area (TPSA) is 20.2 Å². The minimum atomic E-state index is -0.531. The first-order chi connectivity index (χ1) is 9.78. The normalized spacial score (nSPS) is 18.9. The molecule has 1 N–H and O–H groups in total. The van der Waals surface area contributed by atoms with Crippen LogP contribution in [0.1, 0.15) is 42.7 Å². The average molecular weight is 266 g/mol. The molecule has 1 heteroatoms. The molecule has 1 unspecified atom stereocenters. The minimum absolute atomic E-state index is 0.202. The number of hydrogen-bond acceptors (Lipinski definition) is 1. The van der Waals surface area contributed by atoms with E-state index in [-0.39, 0.29) is 5.92 Å². The second-order valence-corrected chi connectivity index (χ2v) is 5.96. The molecule has 2 aromatic carbocycles. The highest BCUT2D eigenvalue weighted by Crippen LogP contribution is 2.42. The van der Waals surface area contributed by atoms with Gasteiger partial charge in [0.25, 0.3) is 0 Å². The monoisotopic (exact) mass is 266 g/mol. The van der Waals surface area contributed by atoms with Gasteiger partial charge in [-0.05, 0) is 30.4 Å². The number of rotatable bonds is 4. The van der Waals surface area contributed by atoms with Gasteiger partial charge in [-0.1, -0.05) is 73.5 Å². The van der Waals surface area contributed by atoms with Crippen LogP contribution in [0.25, 0.3) is 0 Å². The number of hydrogen-bond donors (Lipinski definition) is 1. The lowest BCUT2D eigenvalue weighted by molar-refractivity contribution is 0.0184. The third kappa shape index (κ3) is 2.78. The molecule has 0 amide bonds. The molecule has 1 fully saturated rings. The number of benzene rings is 2. The van der Waals surface area contributed by atoms with Crippen molar-refractivity contribution in [2.75, 3.05) is 0 Å². The first-order valence-corrected chi connectivity index (χ1v) is 7.59. The second kappa shape index (κ2) is 5.80. The van der Waals surface area contributed by atoms with Crippen LogP contribution < -0.4 is 0 Å². The van der Waals surface area contributed by atoms with Crippen molar-refractivity contribution in [2.24, 2.45) is 0 Å². The fraction of sp³-hybridized carbons (Fsp3) is 0.368. The molecule has 0 radical (unpaired) electrons. The van der Waals surface area contributed by atoms with Gasteiger partial charge in [-0.15, -0.1) is 0 Å². The quantitative estimate of drug-likeness (QED) is 0.874. The van der Waals surface area contributed by atoms with Crippen LogP contribution in [0.5, 0.6) is 0 Å². The molecule has 104 valence electrons. The average Bonchev–Trinajstić information content (AvgIpc) is 2.94. The van der Waals surface area contributed by atoms with Gasteiger partial charge >= 0.3 is 0 Å². The molecule has 1 nitrogen and oxygen atoms in total. The third-order valence-corrected chi connectivity index (χ3v) is 4.60. The number of aliphatic hydroxyl groups is 1. The first-order valence-electron chi connectivity index (χ1n) is 7.59. The SMILES string of the molecule is OC1(C(Cc2ccccc2)c2ccccc2)CCCC1. The molecule has 1 aliphatic carbocycles. The van der Waals surface area contributed by atoms with Crippen molar-refractivity contribution in [2.45, 2.75) is 43.6 Å². The molecule has 0 heterocycles. The summed E-state index contributed by atoms with van der Waals surface area (Å²) in [6.45, 7) is 0. The van der Waals surface area contributed by atoms with Gasteiger partial charge in [-0.25, -0.2) is 0 Å². The molecule has 1 aliphatic rings. The zero-order valence-corrected chi connectivity index (χ0v) is 11.8. The highest BCUT2D eigenvalue weighted by Gasteiger charge is 2.39. The Balaban J connectivity index is 1.92. The van der Waals surface area contributed by atoms with E-state index in [0.29, 0.717) is 0 Å². The van der Waals surface area contributed by atoms with Crippen LogP contribution in [0.15, 0.2) is 60.7 Å². The summed E-state index contributed by atoms with van der Waals surface area (Å²) in [4.78, 5) is 0. The van der Waals surface area contributed by atoms with Crippen LogP contribution in [-0.4, -0.2) is 10.7 Å². The summed E-state index contributed by atoms with van der Waals surface area (Å²) >= 11 is 0. The van der Waals surface area contributed by atoms with Gasteiger partial charge in [-0.2, -0.15) is 0 Å². The molecule has 2 aromatic rings. The molecular weight excluding hydrogens is 244 g/mol. The van der Waals surface area contributed by atoms with Gasteiger partial charge < -0.3 is 5.11 Å². The van der Waals surface area contributed by atoms with Gasteiger partial charge in [0.15, 0.2) is 0 Å². The molecule has 0 spiro atoms. The lowest BCUT2D eigenvalue weighted by atomic mass is 9.77. The summed E-state index contributed by atoms with van der Waals surface area (Å²) in [5.74, 6) is 0.202. The van der Waals surface area contributed by atoms with Gasteiger partial charge in [0, 0.05) is 5.92 Å². The van der Waals surface area contributed by atoms with E-state index < -0.39 is 5.60 Å². The molecule has 1 saturated carbocycles. The maximum atomic E-state index is 11.1. The van der Waals surface area contributed by atoms with Gasteiger partial charge in [-0.3, -0.25) is 0 Å². The second-order valence-electron chi connectivity index (χ2n) is 5.96. The smallest absolute Gasteiger partial charge is 0.0719 e. The lowest BCUT2D eigenvalue weighted by Gasteiger charge is -2.33. The Morgan fingerprint density at radius 1 is 0.850 bits per heavy atom. The Morgan fingerprint density at radius 2 is 1.40 bits per heavy atom. The maximum absolute atomic E-state index is 11.1. The molecular formula is C19H22O. The van der Waals surface area contributed by atoms with Crippen molar-refractivity contribution in [1.82, 2.24) is 0 Å². The van der Waals surface area contributed by atoms with Crippen LogP contribution in [0.4, 0.5) is 0 Å². The van der Waals surface area contributed by atoms with E-state index in [1.165, 1.54) is 11.1 Å². The van der Waals surface area contributed by atoms with E-state index in [9.17, 15) is 5.11 Å². The van der Waals surface area contributed by atoms with Crippen LogP contribution in [0.3, 0.4) is 0 Å². The van der Waals surface area contributed by atoms with Gasteiger partial charge in [0.2, 0.25) is 0 Å². The predicted octanol–water partition coefficient (Wildman–Crippen LogP) is 4.32. The Kier molecular flexibility index (Phi) is 3.88. The molecule has 3 rings (SSSR count). The summed E-state index contributed by atoms with van der Waals surface area (Å²) in [6.07, 6.45) is 5.07. The first kappa shape index (κ1) is 13.4. The third-order valence-electron chi connectivity index (χ3n) is 4.60. The van der Waals surface area contributed by atoms with E-state index in [2.05, 4.69) is 48.5 Å². The van der Waals surface area contributed by atoms with Crippen LogP contribution in [0.2, 0.25) is 0 Å². The standard InChI is InChI=1S/C19H22O/c20-19(13-7-8-14-19)18(17-11-5-2-6-12-17)15-16-9-3-1-4-10-16/h1-6,9-12,18,20H,7-8,13-15H2. The Morgan fingerprint density at radius 3 is 2.00 bits per heavy atom. The van der Waals surface area contributed by atoms with E-state index in [1.807, 2.05) is 12.1 Å². The van der Waals surface area contributed by atoms with Crippen molar-refractivity contribution in [1.29, 1.82) is 0 Å². The fourth-order valence-corrected chi connectivity index (χ4v) is 3.49. The maximum Gasteiger partial charge on any atom is 0.0719 e. The van der Waals surface area contributed by atoms with Crippen molar-refractivity contribution in [3.63, 3.8) is 0 Å². The lowest BCUT2D eigenvalue weighted by Crippen LogP contribution is -2.34. The molecule has 0 aromatic heterocycles. The summed E-state index contributed by atoms with van der Waals surface area (Å²) in [5.41, 5.74) is 2.04. The summed E-state index contributed by atoms with van der Waals surface area (Å²) in [5, 5.41) is 11.1. The van der Waals surface area contributed by atoms with E-state index in [0.717, 1.165) is 32.1 Å². The highest BCUT2D eigenvalue weighted by molar-refractivity contribution is 5.27. The Bertz CT molecular complexity index is 526. The highest BCUT2D eigenvalue weighted by atomic mass is 16.3. The van der Waals surface area contributed by atoms with Gasteiger partial charge in [0.1, 0.15) is 0 Å². The summed E-state index contributed by atoms with van der Waals surface area (Å²) in [7, 11) is 0. The summed E-state index contributed by atoms with van der Waals surface area (Å²) < 4.78 is 0. The molecule has 0 aliphatic heterocycles. The van der Waals surface area contributed by atoms with Crippen LogP contribution in [0, 0.1) is 0 Å². The fourth-order valence-electron chi connectivity index (χ4n) is 3.49. The van der Waals surface area contributed by atoms with E-state index in [4.69, 9.17) is 0 Å². The Labute approximate surface area is 121 Å². The molecule has 0 saturated heterocycles. The zero-order chi connectivity index (χ0) is 13.8. The van der Waals surface area contributed by atoms with Crippen molar-refractivity contribution in [3.05, 3.63) is 71.8 Å². The largest absolute Gasteiger partial charge is 0.389 e. The molecule has 1 atom stereocenters. The minimum Gasteiger partial charge on any atom is -0.389 e. The van der Waals surface area contributed by atoms with Crippen LogP contribution in [-0.2, 0) is 6.42 Å². The van der Waals surface area contributed by atoms with Crippen molar-refractivity contribution >= 4 is 0 Å². The molecule has 0 bridgehead atoms. The van der Waals surface area contributed by atoms with E-state index in [1.54, 1.807) is 0 Å². The molecule has 20 heavy (non-hydrogen) atoms. The van der Waals surface area contributed by atoms with E-state index >= 15 is 0 Å². The van der Waals surface area contributed by atoms with Crippen molar-refractivity contribution in [3.8, 4) is 0 Å². The zero-order valence-electron chi connectivity index (χ0n) is 11.8. The Hall–Kier alpha value is -1.60. The van der Waals surface area contributed by atoms with Gasteiger partial charge in [0.05, 0.1) is 5.60 Å².